The molecule has 0 radical (unpaired) electrons. The second kappa shape index (κ2) is 14.3. The molecule has 0 bridgehead atoms. The summed E-state index contributed by atoms with van der Waals surface area (Å²) in [7, 11) is 1.59. The van der Waals surface area contributed by atoms with Gasteiger partial charge in [0.2, 0.25) is 0 Å². The summed E-state index contributed by atoms with van der Waals surface area (Å²) >= 11 is 0. The number of hydrogen-bond acceptors (Lipinski definition) is 5. The predicted molar refractivity (Wildman–Crippen MR) is 154 cm³/mol. The van der Waals surface area contributed by atoms with Crippen molar-refractivity contribution in [3.63, 3.8) is 0 Å². The molecule has 0 saturated heterocycles. The number of aliphatic hydroxyl groups excluding tert-OH is 1. The number of ether oxygens (including phenoxy) is 1. The molecule has 3 N–H and O–H groups in total. The molecule has 1 amide bonds. The van der Waals surface area contributed by atoms with E-state index in [9.17, 15) is 23.5 Å². The molecule has 41 heavy (non-hydrogen) atoms. The van der Waals surface area contributed by atoms with Gasteiger partial charge in [0.1, 0.15) is 17.4 Å². The number of rotatable bonds is 12. The number of halogens is 2. The highest BCUT2D eigenvalue weighted by atomic mass is 19.1. The number of hydrogen-bond donors (Lipinski definition) is 3. The molecule has 6 nitrogen and oxygen atoms in total. The second-order valence-corrected chi connectivity index (χ2v) is 10.9. The first kappa shape index (κ1) is 30.3. The molecule has 1 aliphatic rings. The standard InChI is InChI=1S/C33H38F2N2O4/c1-21-11-25(32(39)24-8-4-3-5-9-24)17-26(12-21)33(40)37-30(16-23-13-27(34)18-28(35)14-23)31(38)20-36-19-22-7-6-10-29(15-22)41-2/h6-7,10-15,17-18,24,30-31,36,38H,3-5,8-9,16,19-20H2,1-2H3,(H,37,40)/t30-,31+/m0/s1. The lowest BCUT2D eigenvalue weighted by molar-refractivity contribution is 0.0829. The molecule has 4 rings (SSSR count). The number of carbonyl (C=O) groups excluding carboxylic acids is 2. The van der Waals surface area contributed by atoms with Crippen molar-refractivity contribution >= 4 is 11.7 Å². The second-order valence-electron chi connectivity index (χ2n) is 10.9. The highest BCUT2D eigenvalue weighted by Crippen LogP contribution is 2.27. The lowest BCUT2D eigenvalue weighted by atomic mass is 9.83. The number of carbonyl (C=O) groups is 2. The zero-order valence-electron chi connectivity index (χ0n) is 23.6. The molecular formula is C33H38F2N2O4. The van der Waals surface area contributed by atoms with Crippen molar-refractivity contribution in [2.45, 2.75) is 64.1 Å². The van der Waals surface area contributed by atoms with Crippen molar-refractivity contribution in [3.8, 4) is 5.75 Å². The topological polar surface area (TPSA) is 87.7 Å². The fourth-order valence-corrected chi connectivity index (χ4v) is 5.46. The molecular weight excluding hydrogens is 526 g/mol. The quantitative estimate of drug-likeness (QED) is 0.252. The molecule has 0 spiro atoms. The van der Waals surface area contributed by atoms with Crippen molar-refractivity contribution in [1.29, 1.82) is 0 Å². The molecule has 0 heterocycles. The van der Waals surface area contributed by atoms with Crippen LogP contribution in [0.5, 0.6) is 5.75 Å². The number of benzene rings is 3. The molecule has 0 aromatic heterocycles. The van der Waals surface area contributed by atoms with Crippen molar-refractivity contribution in [2.75, 3.05) is 13.7 Å². The molecule has 1 aliphatic carbocycles. The minimum absolute atomic E-state index is 0.00209. The lowest BCUT2D eigenvalue weighted by Crippen LogP contribution is -2.48. The summed E-state index contributed by atoms with van der Waals surface area (Å²) < 4.78 is 33.1. The fourth-order valence-electron chi connectivity index (χ4n) is 5.46. The number of ketones is 1. The molecule has 218 valence electrons. The van der Waals surface area contributed by atoms with Crippen molar-refractivity contribution < 1.29 is 28.2 Å². The molecule has 2 atom stereocenters. The average molecular weight is 565 g/mol. The van der Waals surface area contributed by atoms with Gasteiger partial charge in [-0.05, 0) is 85.3 Å². The van der Waals surface area contributed by atoms with Crippen LogP contribution in [-0.4, -0.2) is 42.6 Å². The summed E-state index contributed by atoms with van der Waals surface area (Å²) in [6, 6.07) is 14.9. The maximum Gasteiger partial charge on any atom is 0.251 e. The SMILES string of the molecule is COc1cccc(CNC[C@@H](O)[C@H](Cc2cc(F)cc(F)c2)NC(=O)c2cc(C)cc(C(=O)C3CCCCC3)c2)c1. The highest BCUT2D eigenvalue weighted by molar-refractivity contribution is 6.02. The van der Waals surface area contributed by atoms with Crippen LogP contribution >= 0.6 is 0 Å². The van der Waals surface area contributed by atoms with Gasteiger partial charge in [-0.3, -0.25) is 9.59 Å². The maximum absolute atomic E-state index is 13.9. The predicted octanol–water partition coefficient (Wildman–Crippen LogP) is 5.54. The van der Waals surface area contributed by atoms with Gasteiger partial charge in [0.25, 0.3) is 5.91 Å². The van der Waals surface area contributed by atoms with Gasteiger partial charge < -0.3 is 20.5 Å². The third-order valence-electron chi connectivity index (χ3n) is 7.58. The van der Waals surface area contributed by atoms with E-state index in [1.807, 2.05) is 31.2 Å². The zero-order chi connectivity index (χ0) is 29.4. The summed E-state index contributed by atoms with van der Waals surface area (Å²) in [5.41, 5.74) is 2.83. The Kier molecular flexibility index (Phi) is 10.6. The Morgan fingerprint density at radius 3 is 2.37 bits per heavy atom. The molecule has 3 aromatic rings. The van der Waals surface area contributed by atoms with Gasteiger partial charge in [0.05, 0.1) is 19.3 Å². The number of methoxy groups -OCH3 is 1. The van der Waals surface area contributed by atoms with Crippen LogP contribution in [-0.2, 0) is 13.0 Å². The van der Waals surface area contributed by atoms with Crippen LogP contribution in [0, 0.1) is 24.5 Å². The van der Waals surface area contributed by atoms with Crippen LogP contribution < -0.4 is 15.4 Å². The van der Waals surface area contributed by atoms with E-state index in [0.29, 0.717) is 29.0 Å². The van der Waals surface area contributed by atoms with Gasteiger partial charge >= 0.3 is 0 Å². The van der Waals surface area contributed by atoms with Crippen LogP contribution in [0.2, 0.25) is 0 Å². The molecule has 0 aliphatic heterocycles. The number of amides is 1. The van der Waals surface area contributed by atoms with E-state index in [1.54, 1.807) is 25.3 Å². The smallest absolute Gasteiger partial charge is 0.251 e. The van der Waals surface area contributed by atoms with Gasteiger partial charge in [-0.15, -0.1) is 0 Å². The Balaban J connectivity index is 1.50. The van der Waals surface area contributed by atoms with Crippen LogP contribution in [0.4, 0.5) is 8.78 Å². The van der Waals surface area contributed by atoms with E-state index < -0.39 is 29.7 Å². The summed E-state index contributed by atoms with van der Waals surface area (Å²) in [5.74, 6) is -1.21. The zero-order valence-corrected chi connectivity index (χ0v) is 23.6. The normalized spacial score (nSPS) is 15.2. The highest BCUT2D eigenvalue weighted by Gasteiger charge is 2.26. The maximum atomic E-state index is 13.9. The minimum atomic E-state index is -1.08. The van der Waals surface area contributed by atoms with E-state index in [1.165, 1.54) is 12.1 Å². The largest absolute Gasteiger partial charge is 0.497 e. The van der Waals surface area contributed by atoms with Crippen molar-refractivity contribution in [1.82, 2.24) is 10.6 Å². The summed E-state index contributed by atoms with van der Waals surface area (Å²) in [5, 5.41) is 17.1. The average Bonchev–Trinajstić information content (AvgIpc) is 2.96. The van der Waals surface area contributed by atoms with E-state index in [4.69, 9.17) is 4.74 Å². The third-order valence-corrected chi connectivity index (χ3v) is 7.58. The van der Waals surface area contributed by atoms with Crippen LogP contribution in [0.15, 0.2) is 60.7 Å². The van der Waals surface area contributed by atoms with E-state index in [0.717, 1.165) is 49.3 Å². The molecule has 0 unspecified atom stereocenters. The van der Waals surface area contributed by atoms with Gasteiger partial charge in [0, 0.05) is 36.2 Å². The number of Topliss-reactive ketones (excluding diaryl/α,β-unsaturated/α-hetero) is 1. The van der Waals surface area contributed by atoms with E-state index in [-0.39, 0.29) is 24.7 Å². The number of aliphatic hydroxyl groups is 1. The first-order chi connectivity index (χ1) is 19.7. The minimum Gasteiger partial charge on any atom is -0.497 e. The molecule has 3 aromatic carbocycles. The van der Waals surface area contributed by atoms with E-state index in [2.05, 4.69) is 10.6 Å². The van der Waals surface area contributed by atoms with Gasteiger partial charge in [-0.25, -0.2) is 8.78 Å². The number of aryl methyl sites for hydroxylation is 1. The Bertz CT molecular complexity index is 1340. The Hall–Kier alpha value is -3.62. The monoisotopic (exact) mass is 564 g/mol. The summed E-state index contributed by atoms with van der Waals surface area (Å²) in [6.07, 6.45) is 3.83. The summed E-state index contributed by atoms with van der Waals surface area (Å²) in [4.78, 5) is 26.6. The van der Waals surface area contributed by atoms with Crippen LogP contribution in [0.3, 0.4) is 0 Å². The molecule has 1 saturated carbocycles. The molecule has 8 heteroatoms. The van der Waals surface area contributed by atoms with E-state index >= 15 is 0 Å². The number of nitrogens with one attached hydrogen (secondary N) is 2. The fraction of sp³-hybridized carbons (Fsp3) is 0.394. The van der Waals surface area contributed by atoms with Gasteiger partial charge in [0.15, 0.2) is 5.78 Å². The van der Waals surface area contributed by atoms with Crippen molar-refractivity contribution in [3.05, 3.63) is 100 Å². The first-order valence-electron chi connectivity index (χ1n) is 14.2. The third kappa shape index (κ3) is 8.68. The Labute approximate surface area is 240 Å². The van der Waals surface area contributed by atoms with Crippen LogP contribution in [0.25, 0.3) is 0 Å². The first-order valence-corrected chi connectivity index (χ1v) is 14.2. The summed E-state index contributed by atoms with van der Waals surface area (Å²) in [6.45, 7) is 2.38. The Morgan fingerprint density at radius 2 is 1.66 bits per heavy atom. The Morgan fingerprint density at radius 1 is 0.951 bits per heavy atom. The van der Waals surface area contributed by atoms with Crippen molar-refractivity contribution in [2.24, 2.45) is 5.92 Å². The molecule has 1 fully saturated rings. The van der Waals surface area contributed by atoms with Gasteiger partial charge in [-0.2, -0.15) is 0 Å². The van der Waals surface area contributed by atoms with Crippen LogP contribution in [0.1, 0.15) is 69.5 Å². The lowest BCUT2D eigenvalue weighted by Gasteiger charge is -2.25. The van der Waals surface area contributed by atoms with Gasteiger partial charge in [-0.1, -0.05) is 31.4 Å².